The molecular weight excluding hydrogens is 527 g/mol. The first kappa shape index (κ1) is 27.7. The van der Waals surface area contributed by atoms with Crippen LogP contribution in [0.15, 0.2) is 63.1 Å². The molecule has 5 aromatic rings. The predicted octanol–water partition coefficient (Wildman–Crippen LogP) is 6.20. The van der Waals surface area contributed by atoms with Gasteiger partial charge in [0.1, 0.15) is 22.7 Å². The lowest BCUT2D eigenvalue weighted by Crippen LogP contribution is -2.44. The summed E-state index contributed by atoms with van der Waals surface area (Å²) in [5.41, 5.74) is 9.09. The number of hydrogen-bond acceptors (Lipinski definition) is 6. The zero-order chi connectivity index (χ0) is 28.6. The lowest BCUT2D eigenvalue weighted by molar-refractivity contribution is 0.0598. The van der Waals surface area contributed by atoms with Crippen molar-refractivity contribution in [3.8, 4) is 0 Å². The zero-order valence-electron chi connectivity index (χ0n) is 23.1. The van der Waals surface area contributed by atoms with E-state index in [1.165, 1.54) is 18.2 Å². The van der Waals surface area contributed by atoms with Crippen LogP contribution in [0.3, 0.4) is 0 Å². The summed E-state index contributed by atoms with van der Waals surface area (Å²) in [5, 5.41) is 2.45. The summed E-state index contributed by atoms with van der Waals surface area (Å²) in [6, 6.07) is 13.0. The van der Waals surface area contributed by atoms with Crippen LogP contribution in [-0.4, -0.2) is 33.4 Å². The molecule has 5 rings (SSSR count). The van der Waals surface area contributed by atoms with Gasteiger partial charge in [0.2, 0.25) is 5.58 Å². The maximum Gasteiger partial charge on any atom is 0.297 e. The number of furan rings is 1. The third-order valence-corrected chi connectivity index (χ3v) is 8.42. The highest BCUT2D eigenvalue weighted by atomic mass is 32.1. The van der Waals surface area contributed by atoms with E-state index >= 15 is 0 Å². The molecule has 0 aliphatic heterocycles. The van der Waals surface area contributed by atoms with Gasteiger partial charge in [-0.15, -0.1) is 11.3 Å². The molecule has 0 bridgehead atoms. The Kier molecular flexibility index (Phi) is 7.87. The highest BCUT2D eigenvalue weighted by Crippen LogP contribution is 2.34. The third-order valence-electron chi connectivity index (χ3n) is 7.38. The van der Waals surface area contributed by atoms with Gasteiger partial charge in [-0.2, -0.15) is 0 Å². The highest BCUT2D eigenvalue weighted by molar-refractivity contribution is 7.10. The zero-order valence-corrected chi connectivity index (χ0v) is 23.9. The monoisotopic (exact) mass is 560 g/mol. The Morgan fingerprint density at radius 2 is 1.90 bits per heavy atom. The fraction of sp³-hybridized carbons (Fsp3) is 0.323. The van der Waals surface area contributed by atoms with Crippen LogP contribution in [-0.2, 0) is 6.54 Å². The first-order valence-electron chi connectivity index (χ1n) is 13.5. The number of hydrogen-bond donors (Lipinski definition) is 1. The molecule has 2 aromatic carbocycles. The van der Waals surface area contributed by atoms with Gasteiger partial charge in [0.05, 0.1) is 12.6 Å². The molecule has 0 fully saturated rings. The molecule has 0 unspecified atom stereocenters. The summed E-state index contributed by atoms with van der Waals surface area (Å²) in [5.74, 6) is -0.281. The fourth-order valence-corrected chi connectivity index (χ4v) is 5.98. The van der Waals surface area contributed by atoms with Crippen LogP contribution >= 0.6 is 11.3 Å². The largest absolute Gasteiger partial charge is 0.448 e. The number of carbonyl (C=O) groups excluding carboxylic acids is 1. The van der Waals surface area contributed by atoms with E-state index < -0.39 is 11.9 Å². The molecule has 9 heteroatoms. The standard InChI is InChI=1S/C31H33FN4O3S/c1-5-20(4)27(35(13-12-33)30(37)21-8-6-18(2)7-9-21)29-34-26-24-15-22(32)10-11-25(24)39-28(26)31(38)36(29)16-23-14-19(3)17-40-23/h6-11,14-15,17,20,27H,5,12-13,16,33H2,1-4H3/t20-,27-/m1/s1. The maximum atomic E-state index is 14.3. The van der Waals surface area contributed by atoms with Crippen molar-refractivity contribution in [2.24, 2.45) is 11.7 Å². The summed E-state index contributed by atoms with van der Waals surface area (Å²) >= 11 is 1.55. The summed E-state index contributed by atoms with van der Waals surface area (Å²) < 4.78 is 21.8. The summed E-state index contributed by atoms with van der Waals surface area (Å²) in [6.07, 6.45) is 0.722. The smallest absolute Gasteiger partial charge is 0.297 e. The van der Waals surface area contributed by atoms with E-state index in [4.69, 9.17) is 15.1 Å². The fourth-order valence-electron chi connectivity index (χ4n) is 5.11. The molecule has 7 nitrogen and oxygen atoms in total. The van der Waals surface area contributed by atoms with Crippen molar-refractivity contribution < 1.29 is 13.6 Å². The number of benzene rings is 2. The average Bonchev–Trinajstić information content (AvgIpc) is 3.52. The van der Waals surface area contributed by atoms with Crippen molar-refractivity contribution in [2.45, 2.75) is 46.7 Å². The number of carbonyl (C=O) groups is 1. The Bertz CT molecular complexity index is 1740. The molecule has 3 aromatic heterocycles. The van der Waals surface area contributed by atoms with Crippen molar-refractivity contribution in [1.82, 2.24) is 14.5 Å². The van der Waals surface area contributed by atoms with Gasteiger partial charge in [-0.05, 0) is 67.1 Å². The van der Waals surface area contributed by atoms with E-state index in [1.54, 1.807) is 32.9 Å². The second-order valence-electron chi connectivity index (χ2n) is 10.4. The Morgan fingerprint density at radius 1 is 1.15 bits per heavy atom. The number of amides is 1. The van der Waals surface area contributed by atoms with Crippen molar-refractivity contribution in [2.75, 3.05) is 13.1 Å². The minimum absolute atomic E-state index is 0.0655. The van der Waals surface area contributed by atoms with Crippen molar-refractivity contribution >= 4 is 39.3 Å². The second-order valence-corrected chi connectivity index (χ2v) is 11.4. The topological polar surface area (TPSA) is 94.4 Å². The molecule has 208 valence electrons. The van der Waals surface area contributed by atoms with Crippen LogP contribution in [0.4, 0.5) is 4.39 Å². The number of rotatable bonds is 9. The molecule has 3 heterocycles. The van der Waals surface area contributed by atoms with Crippen molar-refractivity contribution in [3.05, 3.63) is 97.5 Å². The van der Waals surface area contributed by atoms with E-state index in [1.807, 2.05) is 51.3 Å². The molecular formula is C31H33FN4O3S. The number of nitrogens with zero attached hydrogens (tertiary/aromatic N) is 3. The van der Waals surface area contributed by atoms with Crippen LogP contribution in [0.2, 0.25) is 0 Å². The summed E-state index contributed by atoms with van der Waals surface area (Å²) in [4.78, 5) is 35.8. The molecule has 40 heavy (non-hydrogen) atoms. The van der Waals surface area contributed by atoms with Crippen molar-refractivity contribution in [1.29, 1.82) is 0 Å². The van der Waals surface area contributed by atoms with Crippen LogP contribution in [0.1, 0.15) is 58.5 Å². The van der Waals surface area contributed by atoms with Gasteiger partial charge >= 0.3 is 0 Å². The molecule has 1 amide bonds. The number of nitrogens with two attached hydrogens (primary N) is 1. The minimum atomic E-state index is -0.570. The average molecular weight is 561 g/mol. The molecule has 0 aliphatic carbocycles. The Morgan fingerprint density at radius 3 is 2.55 bits per heavy atom. The molecule has 0 radical (unpaired) electrons. The molecule has 0 aliphatic rings. The number of halogens is 1. The van der Waals surface area contributed by atoms with Crippen molar-refractivity contribution in [3.63, 3.8) is 0 Å². The first-order chi connectivity index (χ1) is 19.2. The number of aromatic nitrogens is 2. The van der Waals surface area contributed by atoms with Gasteiger partial charge < -0.3 is 15.1 Å². The van der Waals surface area contributed by atoms with E-state index in [-0.39, 0.29) is 48.1 Å². The normalized spacial score (nSPS) is 13.2. The SMILES string of the molecule is CC[C@@H](C)[C@H](c1nc2c(oc3ccc(F)cc32)c(=O)n1Cc1cc(C)cs1)N(CCN)C(=O)c1ccc(C)cc1. The second kappa shape index (κ2) is 11.3. The molecule has 0 spiro atoms. The molecule has 0 saturated carbocycles. The molecule has 0 saturated heterocycles. The van der Waals surface area contributed by atoms with Gasteiger partial charge in [-0.1, -0.05) is 38.0 Å². The summed E-state index contributed by atoms with van der Waals surface area (Å²) in [6.45, 7) is 8.83. The maximum absolute atomic E-state index is 14.3. The quantitative estimate of drug-likeness (QED) is 0.232. The van der Waals surface area contributed by atoms with Gasteiger partial charge in [0, 0.05) is 28.9 Å². The molecule has 2 atom stereocenters. The Labute approximate surface area is 236 Å². The lowest BCUT2D eigenvalue weighted by Gasteiger charge is -2.36. The highest BCUT2D eigenvalue weighted by Gasteiger charge is 2.34. The minimum Gasteiger partial charge on any atom is -0.448 e. The lowest BCUT2D eigenvalue weighted by atomic mass is 9.95. The third kappa shape index (κ3) is 5.19. The predicted molar refractivity (Wildman–Crippen MR) is 157 cm³/mol. The Balaban J connectivity index is 1.78. The van der Waals surface area contributed by atoms with Gasteiger partial charge in [0.25, 0.3) is 11.5 Å². The number of fused-ring (bicyclic) bond motifs is 3. The van der Waals surface area contributed by atoms with Gasteiger partial charge in [0.15, 0.2) is 0 Å². The van der Waals surface area contributed by atoms with E-state index in [2.05, 4.69) is 0 Å². The van der Waals surface area contributed by atoms with Crippen LogP contribution < -0.4 is 11.3 Å². The summed E-state index contributed by atoms with van der Waals surface area (Å²) in [7, 11) is 0. The number of thiophene rings is 1. The first-order valence-corrected chi connectivity index (χ1v) is 14.3. The van der Waals surface area contributed by atoms with Gasteiger partial charge in [-0.3, -0.25) is 14.2 Å². The van der Waals surface area contributed by atoms with E-state index in [0.717, 1.165) is 22.4 Å². The van der Waals surface area contributed by atoms with E-state index in [0.29, 0.717) is 22.4 Å². The van der Waals surface area contributed by atoms with Crippen LogP contribution in [0.5, 0.6) is 0 Å². The van der Waals surface area contributed by atoms with Crippen LogP contribution in [0, 0.1) is 25.6 Å². The van der Waals surface area contributed by atoms with E-state index in [9.17, 15) is 14.0 Å². The molecule has 2 N–H and O–H groups in total. The van der Waals surface area contributed by atoms with Crippen LogP contribution in [0.25, 0.3) is 22.1 Å². The van der Waals surface area contributed by atoms with Gasteiger partial charge in [-0.25, -0.2) is 9.37 Å². The Hall–Kier alpha value is -3.82. The number of aryl methyl sites for hydroxylation is 2.